The molecule has 0 amide bonds. The lowest BCUT2D eigenvalue weighted by Gasteiger charge is -2.46. The standard InChI is InChI=1S/C27H30O15/c1-8-16(32)19(35)22(38)27(39-8)42-26-20(36)17(33)13(7-28)40-25(26)15-12(31)6-11(30)14-18(34)21(37)23(41-24(14)15)9-2-4-10(29)5-3-9/h2-6,8,13,16-17,19-20,22,25-33,35-38H,7H2,1H3/t8-,13+,16-,17+,19+,20-,22+,25-,26+,27-/m0/s1. The van der Waals surface area contributed by atoms with Gasteiger partial charge in [0, 0.05) is 11.6 Å². The Morgan fingerprint density at radius 3 is 2.14 bits per heavy atom. The lowest BCUT2D eigenvalue weighted by atomic mass is 9.89. The summed E-state index contributed by atoms with van der Waals surface area (Å²) >= 11 is 0. The SMILES string of the molecule is C[C@@H]1O[C@@H](O[C@@H]2[C@@H](O)[C@H](O)[C@@H](CO)O[C@H]2c2c(O)cc(O)c3c(=O)c(O)c(-c4ccc(O)cc4)oc23)[C@H](O)[C@H](O)[C@H]1O. The van der Waals surface area contributed by atoms with Crippen LogP contribution in [0.15, 0.2) is 39.5 Å². The smallest absolute Gasteiger partial charge is 0.238 e. The summed E-state index contributed by atoms with van der Waals surface area (Å²) in [6, 6.07) is 5.87. The van der Waals surface area contributed by atoms with Crippen LogP contribution in [0.3, 0.4) is 0 Å². The minimum absolute atomic E-state index is 0.111. The molecule has 2 aromatic carbocycles. The van der Waals surface area contributed by atoms with E-state index in [0.717, 1.165) is 6.07 Å². The van der Waals surface area contributed by atoms with Crippen LogP contribution in [-0.4, -0.2) is 113 Å². The molecule has 0 bridgehead atoms. The molecule has 10 N–H and O–H groups in total. The Hall–Kier alpha value is -3.51. The summed E-state index contributed by atoms with van der Waals surface area (Å²) in [5.41, 5.74) is -1.97. The first-order valence-corrected chi connectivity index (χ1v) is 12.9. The average molecular weight is 595 g/mol. The summed E-state index contributed by atoms with van der Waals surface area (Å²) in [7, 11) is 0. The molecule has 3 heterocycles. The van der Waals surface area contributed by atoms with E-state index in [1.54, 1.807) is 0 Å². The highest BCUT2D eigenvalue weighted by atomic mass is 16.7. The van der Waals surface area contributed by atoms with Crippen LogP contribution in [0.2, 0.25) is 0 Å². The third-order valence-corrected chi connectivity index (χ3v) is 7.52. The van der Waals surface area contributed by atoms with Crippen LogP contribution in [-0.2, 0) is 14.2 Å². The van der Waals surface area contributed by atoms with E-state index in [-0.39, 0.29) is 11.3 Å². The van der Waals surface area contributed by atoms with Gasteiger partial charge in [0.05, 0.1) is 18.3 Å². The molecule has 0 aliphatic carbocycles. The number of aliphatic hydroxyl groups is 6. The molecule has 0 unspecified atom stereocenters. The molecule has 15 heteroatoms. The van der Waals surface area contributed by atoms with Crippen molar-refractivity contribution in [1.29, 1.82) is 0 Å². The maximum absolute atomic E-state index is 13.2. The van der Waals surface area contributed by atoms with Crippen molar-refractivity contribution in [2.45, 2.75) is 68.1 Å². The molecule has 1 aromatic heterocycles. The second kappa shape index (κ2) is 11.3. The summed E-state index contributed by atoms with van der Waals surface area (Å²) in [6.45, 7) is 0.551. The lowest BCUT2D eigenvalue weighted by molar-refractivity contribution is -0.338. The van der Waals surface area contributed by atoms with Crippen molar-refractivity contribution in [2.24, 2.45) is 0 Å². The number of fused-ring (bicyclic) bond motifs is 1. The maximum atomic E-state index is 13.2. The van der Waals surface area contributed by atoms with E-state index >= 15 is 0 Å². The van der Waals surface area contributed by atoms with Gasteiger partial charge in [0.25, 0.3) is 0 Å². The molecule has 2 aliphatic heterocycles. The fraction of sp³-hybridized carbons (Fsp3) is 0.444. The summed E-state index contributed by atoms with van der Waals surface area (Å²) in [4.78, 5) is 13.2. The third-order valence-electron chi connectivity index (χ3n) is 7.52. The quantitative estimate of drug-likeness (QED) is 0.164. The van der Waals surface area contributed by atoms with Crippen LogP contribution in [0.4, 0.5) is 0 Å². The van der Waals surface area contributed by atoms with E-state index in [4.69, 9.17) is 18.6 Å². The van der Waals surface area contributed by atoms with Crippen molar-refractivity contribution in [3.05, 3.63) is 46.1 Å². The van der Waals surface area contributed by atoms with Gasteiger partial charge < -0.3 is 69.7 Å². The second-order valence-corrected chi connectivity index (χ2v) is 10.2. The minimum atomic E-state index is -1.90. The predicted molar refractivity (Wildman–Crippen MR) is 139 cm³/mol. The van der Waals surface area contributed by atoms with E-state index in [0.29, 0.717) is 0 Å². The number of benzene rings is 2. The first-order valence-electron chi connectivity index (χ1n) is 12.9. The van der Waals surface area contributed by atoms with Gasteiger partial charge in [-0.1, -0.05) is 0 Å². The minimum Gasteiger partial charge on any atom is -0.508 e. The summed E-state index contributed by atoms with van der Waals surface area (Å²) in [5, 5.41) is 103. The van der Waals surface area contributed by atoms with Crippen molar-refractivity contribution in [3.8, 4) is 34.3 Å². The van der Waals surface area contributed by atoms with Crippen LogP contribution < -0.4 is 5.43 Å². The molecule has 2 fully saturated rings. The number of ether oxygens (including phenoxy) is 3. The van der Waals surface area contributed by atoms with Gasteiger partial charge in [0.1, 0.15) is 71.5 Å². The molecule has 0 saturated carbocycles. The largest absolute Gasteiger partial charge is 0.508 e. The average Bonchev–Trinajstić information content (AvgIpc) is 2.95. The van der Waals surface area contributed by atoms with Crippen LogP contribution >= 0.6 is 0 Å². The Bertz CT molecular complexity index is 1500. The van der Waals surface area contributed by atoms with Crippen molar-refractivity contribution >= 4 is 11.0 Å². The number of aliphatic hydroxyl groups excluding tert-OH is 6. The van der Waals surface area contributed by atoms with Gasteiger partial charge in [-0.2, -0.15) is 0 Å². The highest BCUT2D eigenvalue weighted by Gasteiger charge is 2.51. The van der Waals surface area contributed by atoms with E-state index < -0.39 is 113 Å². The molecule has 228 valence electrons. The molecule has 0 radical (unpaired) electrons. The zero-order valence-corrected chi connectivity index (χ0v) is 21.9. The lowest BCUT2D eigenvalue weighted by Crippen LogP contribution is -2.61. The van der Waals surface area contributed by atoms with Gasteiger partial charge in [-0.3, -0.25) is 4.79 Å². The highest BCUT2D eigenvalue weighted by molar-refractivity contribution is 5.91. The van der Waals surface area contributed by atoms with Gasteiger partial charge in [0.2, 0.25) is 11.2 Å². The fourth-order valence-electron chi connectivity index (χ4n) is 5.18. The molecule has 10 atom stereocenters. The first kappa shape index (κ1) is 30.0. The Morgan fingerprint density at radius 1 is 0.833 bits per heavy atom. The Kier molecular flexibility index (Phi) is 8.06. The normalized spacial score (nSPS) is 33.6. The van der Waals surface area contributed by atoms with Crippen LogP contribution in [0.1, 0.15) is 18.6 Å². The van der Waals surface area contributed by atoms with Gasteiger partial charge in [-0.15, -0.1) is 0 Å². The maximum Gasteiger partial charge on any atom is 0.238 e. The van der Waals surface area contributed by atoms with Crippen molar-refractivity contribution < 1.29 is 69.7 Å². The van der Waals surface area contributed by atoms with E-state index in [2.05, 4.69) is 0 Å². The van der Waals surface area contributed by atoms with E-state index in [9.17, 15) is 55.9 Å². The number of rotatable bonds is 5. The van der Waals surface area contributed by atoms with Gasteiger partial charge in [-0.25, -0.2) is 0 Å². The van der Waals surface area contributed by atoms with Crippen molar-refractivity contribution in [1.82, 2.24) is 0 Å². The summed E-state index contributed by atoms with van der Waals surface area (Å²) in [6.07, 6.45) is -16.5. The zero-order chi connectivity index (χ0) is 30.6. The van der Waals surface area contributed by atoms with Gasteiger partial charge in [-0.05, 0) is 31.2 Å². The monoisotopic (exact) mass is 594 g/mol. The second-order valence-electron chi connectivity index (χ2n) is 10.2. The van der Waals surface area contributed by atoms with Crippen molar-refractivity contribution in [2.75, 3.05) is 6.61 Å². The summed E-state index contributed by atoms with van der Waals surface area (Å²) in [5.74, 6) is -3.02. The molecule has 2 aliphatic rings. The van der Waals surface area contributed by atoms with Gasteiger partial charge >= 0.3 is 0 Å². The zero-order valence-electron chi connectivity index (χ0n) is 21.9. The molecule has 42 heavy (non-hydrogen) atoms. The predicted octanol–water partition coefficient (Wildman–Crippen LogP) is -1.35. The number of hydrogen-bond donors (Lipinski definition) is 10. The van der Waals surface area contributed by atoms with E-state index in [1.165, 1.54) is 31.2 Å². The molecular weight excluding hydrogens is 564 g/mol. The molecule has 15 nitrogen and oxygen atoms in total. The topological polar surface area (TPSA) is 260 Å². The van der Waals surface area contributed by atoms with E-state index in [1.807, 2.05) is 0 Å². The Balaban J connectivity index is 1.70. The van der Waals surface area contributed by atoms with Crippen LogP contribution in [0.5, 0.6) is 23.0 Å². The number of phenolic OH excluding ortho intramolecular Hbond substituents is 3. The van der Waals surface area contributed by atoms with Crippen LogP contribution in [0.25, 0.3) is 22.3 Å². The molecule has 3 aromatic rings. The fourth-order valence-corrected chi connectivity index (χ4v) is 5.18. The van der Waals surface area contributed by atoms with Crippen LogP contribution in [0, 0.1) is 0 Å². The Labute approximate surface area is 236 Å². The molecule has 0 spiro atoms. The molecular formula is C27H30O15. The van der Waals surface area contributed by atoms with Crippen molar-refractivity contribution in [3.63, 3.8) is 0 Å². The third kappa shape index (κ3) is 4.94. The van der Waals surface area contributed by atoms with Gasteiger partial charge in [0.15, 0.2) is 17.6 Å². The number of phenols is 3. The number of aromatic hydroxyl groups is 4. The molecule has 2 saturated heterocycles. The number of hydrogen-bond acceptors (Lipinski definition) is 15. The molecule has 5 rings (SSSR count). The first-order chi connectivity index (χ1) is 19.8. The Morgan fingerprint density at radius 2 is 1.50 bits per heavy atom. The summed E-state index contributed by atoms with van der Waals surface area (Å²) < 4.78 is 22.8. The highest BCUT2D eigenvalue weighted by Crippen LogP contribution is 2.46.